The van der Waals surface area contributed by atoms with Crippen LogP contribution in [0.3, 0.4) is 0 Å². The van der Waals surface area contributed by atoms with Crippen LogP contribution in [0.5, 0.6) is 0 Å². The number of benzene rings is 1. The molecule has 0 radical (unpaired) electrons. The van der Waals surface area contributed by atoms with Gasteiger partial charge in [-0.05, 0) is 41.2 Å². The molecule has 1 aromatic heterocycles. The Balaban J connectivity index is 2.23. The first-order valence-electron chi connectivity index (χ1n) is 5.93. The average molecular weight is 301 g/mol. The minimum absolute atomic E-state index is 0.163. The Morgan fingerprint density at radius 3 is 2.84 bits per heavy atom. The summed E-state index contributed by atoms with van der Waals surface area (Å²) in [4.78, 5) is 0.689. The van der Waals surface area contributed by atoms with Crippen LogP contribution in [0.25, 0.3) is 0 Å². The minimum Gasteiger partial charge on any atom is -0.387 e. The van der Waals surface area contributed by atoms with Crippen molar-refractivity contribution in [1.29, 1.82) is 0 Å². The van der Waals surface area contributed by atoms with Crippen LogP contribution in [0.4, 0.5) is 4.39 Å². The Morgan fingerprint density at radius 2 is 2.16 bits per heavy atom. The number of aromatic nitrogens is 2. The Labute approximate surface area is 120 Å². The molecule has 3 nitrogen and oxygen atoms in total. The van der Waals surface area contributed by atoms with Gasteiger partial charge < -0.3 is 5.11 Å². The zero-order valence-corrected chi connectivity index (χ0v) is 12.2. The zero-order valence-electron chi connectivity index (χ0n) is 10.6. The van der Waals surface area contributed by atoms with Crippen molar-refractivity contribution in [3.05, 3.63) is 45.2 Å². The molecule has 0 amide bonds. The van der Waals surface area contributed by atoms with Crippen molar-refractivity contribution in [3.63, 3.8) is 0 Å². The van der Waals surface area contributed by atoms with Crippen LogP contribution in [0.15, 0.2) is 18.2 Å². The zero-order chi connectivity index (χ0) is 14.0. The second-order valence-corrected chi connectivity index (χ2v) is 5.85. The average Bonchev–Trinajstić information content (AvgIpc) is 2.83. The largest absolute Gasteiger partial charge is 0.387 e. The lowest BCUT2D eigenvalue weighted by atomic mass is 10.0. The number of halogens is 2. The Kier molecular flexibility index (Phi) is 4.50. The van der Waals surface area contributed by atoms with Gasteiger partial charge in [0, 0.05) is 11.4 Å². The molecular formula is C13H14ClFN2OS. The Hall–Kier alpha value is -1.04. The molecule has 2 rings (SSSR count). The molecule has 0 saturated carbocycles. The lowest BCUT2D eigenvalue weighted by Crippen LogP contribution is -2.05. The molecule has 0 fully saturated rings. The number of hydrogen-bond acceptors (Lipinski definition) is 4. The van der Waals surface area contributed by atoms with Gasteiger partial charge in [-0.15, -0.1) is 5.10 Å². The van der Waals surface area contributed by atoms with Crippen molar-refractivity contribution in [2.24, 2.45) is 0 Å². The van der Waals surface area contributed by atoms with E-state index in [-0.39, 0.29) is 18.2 Å². The summed E-state index contributed by atoms with van der Waals surface area (Å²) in [5.41, 5.74) is 1.16. The highest BCUT2D eigenvalue weighted by Crippen LogP contribution is 2.29. The summed E-state index contributed by atoms with van der Waals surface area (Å²) in [6.07, 6.45) is -0.652. The first-order chi connectivity index (χ1) is 8.99. The summed E-state index contributed by atoms with van der Waals surface area (Å²) < 4.78 is 17.5. The number of nitrogens with zero attached hydrogens (tertiary/aromatic N) is 2. The highest BCUT2D eigenvalue weighted by molar-refractivity contribution is 7.05. The number of rotatable bonds is 4. The van der Waals surface area contributed by atoms with Gasteiger partial charge in [0.2, 0.25) is 0 Å². The SMILES string of the molecule is CC(C)c1nnsc1C(O)Cc1cc(Cl)ccc1F. The van der Waals surface area contributed by atoms with Crippen molar-refractivity contribution >= 4 is 23.1 Å². The molecular weight excluding hydrogens is 287 g/mol. The number of aliphatic hydroxyl groups excluding tert-OH is 1. The maximum absolute atomic E-state index is 13.6. The van der Waals surface area contributed by atoms with Crippen LogP contribution in [0, 0.1) is 5.82 Å². The normalized spacial score (nSPS) is 12.9. The van der Waals surface area contributed by atoms with Crippen molar-refractivity contribution in [1.82, 2.24) is 9.59 Å². The van der Waals surface area contributed by atoms with Crippen LogP contribution >= 0.6 is 23.1 Å². The van der Waals surface area contributed by atoms with Crippen LogP contribution in [-0.4, -0.2) is 14.7 Å². The van der Waals surface area contributed by atoms with Crippen molar-refractivity contribution in [2.75, 3.05) is 0 Å². The van der Waals surface area contributed by atoms with Crippen LogP contribution < -0.4 is 0 Å². The van der Waals surface area contributed by atoms with E-state index in [1.165, 1.54) is 18.2 Å². The predicted octanol–water partition coefficient (Wildman–Crippen LogP) is 3.73. The van der Waals surface area contributed by atoms with Crippen LogP contribution in [0.2, 0.25) is 5.02 Å². The highest BCUT2D eigenvalue weighted by atomic mass is 35.5. The van der Waals surface area contributed by atoms with Gasteiger partial charge >= 0.3 is 0 Å². The molecule has 0 aliphatic carbocycles. The molecule has 0 bridgehead atoms. The predicted molar refractivity (Wildman–Crippen MR) is 74.1 cm³/mol. The Morgan fingerprint density at radius 1 is 1.42 bits per heavy atom. The molecule has 1 unspecified atom stereocenters. The van der Waals surface area contributed by atoms with E-state index in [0.29, 0.717) is 15.5 Å². The summed E-state index contributed by atoms with van der Waals surface area (Å²) in [6, 6.07) is 4.32. The third-order valence-corrected chi connectivity index (χ3v) is 3.89. The van der Waals surface area contributed by atoms with E-state index in [4.69, 9.17) is 11.6 Å². The van der Waals surface area contributed by atoms with Crippen molar-refractivity contribution in [2.45, 2.75) is 32.3 Å². The Bertz CT molecular complexity index is 574. The van der Waals surface area contributed by atoms with Gasteiger partial charge in [-0.3, -0.25) is 0 Å². The van der Waals surface area contributed by atoms with Crippen LogP contribution in [-0.2, 0) is 6.42 Å². The van der Waals surface area contributed by atoms with E-state index in [0.717, 1.165) is 17.2 Å². The maximum atomic E-state index is 13.6. The van der Waals surface area contributed by atoms with Gasteiger partial charge in [0.05, 0.1) is 16.7 Å². The number of hydrogen-bond donors (Lipinski definition) is 1. The van der Waals surface area contributed by atoms with E-state index in [2.05, 4.69) is 9.59 Å². The van der Waals surface area contributed by atoms with Gasteiger partial charge in [-0.2, -0.15) is 0 Å². The van der Waals surface area contributed by atoms with E-state index in [1.807, 2.05) is 13.8 Å². The first-order valence-corrected chi connectivity index (χ1v) is 7.08. The van der Waals surface area contributed by atoms with Gasteiger partial charge in [0.25, 0.3) is 0 Å². The van der Waals surface area contributed by atoms with Gasteiger partial charge in [-0.25, -0.2) is 4.39 Å². The molecule has 0 spiro atoms. The maximum Gasteiger partial charge on any atom is 0.126 e. The molecule has 0 saturated heterocycles. The molecule has 0 aliphatic heterocycles. The second kappa shape index (κ2) is 5.94. The summed E-state index contributed by atoms with van der Waals surface area (Å²) >= 11 is 6.99. The van der Waals surface area contributed by atoms with Gasteiger partial charge in [-0.1, -0.05) is 29.9 Å². The first kappa shape index (κ1) is 14.4. The van der Waals surface area contributed by atoms with Gasteiger partial charge in [0.1, 0.15) is 5.82 Å². The molecule has 1 atom stereocenters. The lowest BCUT2D eigenvalue weighted by Gasteiger charge is -2.12. The quantitative estimate of drug-likeness (QED) is 0.936. The minimum atomic E-state index is -0.814. The molecule has 102 valence electrons. The standard InChI is InChI=1S/C13H14ClFN2OS/c1-7(2)12-13(19-17-16-12)11(18)6-8-5-9(14)3-4-10(8)15/h3-5,7,11,18H,6H2,1-2H3. The monoisotopic (exact) mass is 300 g/mol. The van der Waals surface area contributed by atoms with Gasteiger partial charge in [0.15, 0.2) is 0 Å². The summed E-state index contributed by atoms with van der Waals surface area (Å²) in [7, 11) is 0. The highest BCUT2D eigenvalue weighted by Gasteiger charge is 2.20. The van der Waals surface area contributed by atoms with Crippen LogP contribution in [0.1, 0.15) is 42.0 Å². The third kappa shape index (κ3) is 3.29. The fraction of sp³-hybridized carbons (Fsp3) is 0.385. The molecule has 0 aliphatic rings. The summed E-state index contributed by atoms with van der Waals surface area (Å²) in [5.74, 6) is -0.195. The molecule has 19 heavy (non-hydrogen) atoms. The smallest absolute Gasteiger partial charge is 0.126 e. The molecule has 6 heteroatoms. The molecule has 1 heterocycles. The molecule has 2 aromatic rings. The van der Waals surface area contributed by atoms with Crippen molar-refractivity contribution in [3.8, 4) is 0 Å². The second-order valence-electron chi connectivity index (χ2n) is 4.63. The van der Waals surface area contributed by atoms with Crippen molar-refractivity contribution < 1.29 is 9.50 Å². The summed E-state index contributed by atoms with van der Waals surface area (Å²) in [6.45, 7) is 3.96. The van der Waals surface area contributed by atoms with E-state index in [1.54, 1.807) is 0 Å². The molecule has 1 N–H and O–H groups in total. The summed E-state index contributed by atoms with van der Waals surface area (Å²) in [5, 5.41) is 14.7. The fourth-order valence-corrected chi connectivity index (χ4v) is 2.82. The van der Waals surface area contributed by atoms with E-state index < -0.39 is 6.10 Å². The lowest BCUT2D eigenvalue weighted by molar-refractivity contribution is 0.179. The third-order valence-electron chi connectivity index (χ3n) is 2.81. The topological polar surface area (TPSA) is 46.0 Å². The number of aliphatic hydroxyl groups is 1. The van der Waals surface area contributed by atoms with E-state index >= 15 is 0 Å². The molecule has 1 aromatic carbocycles. The van der Waals surface area contributed by atoms with E-state index in [9.17, 15) is 9.50 Å². The fourth-order valence-electron chi connectivity index (χ4n) is 1.84.